The van der Waals surface area contributed by atoms with E-state index in [4.69, 9.17) is 23.7 Å². The normalized spacial score (nSPS) is 22.3. The number of hydrogen-bond donors (Lipinski definition) is 1. The molecule has 11 heteroatoms. The van der Waals surface area contributed by atoms with Crippen LogP contribution in [0.1, 0.15) is 83.2 Å². The highest BCUT2D eigenvalue weighted by molar-refractivity contribution is 6.02. The predicted octanol–water partition coefficient (Wildman–Crippen LogP) is 6.31. The minimum Gasteiger partial charge on any atom is -0.497 e. The first-order chi connectivity index (χ1) is 25.7. The zero-order valence-corrected chi connectivity index (χ0v) is 31.1. The Bertz CT molecular complexity index is 1920. The number of anilines is 1. The Labute approximate surface area is 311 Å². The average molecular weight is 724 g/mol. The lowest BCUT2D eigenvalue weighted by Gasteiger charge is -2.31. The van der Waals surface area contributed by atoms with Gasteiger partial charge in [0.2, 0.25) is 0 Å². The van der Waals surface area contributed by atoms with E-state index < -0.39 is 6.23 Å². The summed E-state index contributed by atoms with van der Waals surface area (Å²) >= 11 is 0. The topological polar surface area (TPSA) is 110 Å². The Kier molecular flexibility index (Phi) is 9.39. The largest absolute Gasteiger partial charge is 0.497 e. The van der Waals surface area contributed by atoms with Crippen molar-refractivity contribution in [2.24, 2.45) is 5.41 Å². The summed E-state index contributed by atoms with van der Waals surface area (Å²) in [6.45, 7) is 1.66. The first-order valence-corrected chi connectivity index (χ1v) is 18.8. The molecule has 2 amide bonds. The lowest BCUT2D eigenvalue weighted by atomic mass is 9.97. The van der Waals surface area contributed by atoms with E-state index in [0.717, 1.165) is 80.2 Å². The predicted molar refractivity (Wildman–Crippen MR) is 200 cm³/mol. The molecule has 0 bridgehead atoms. The lowest BCUT2D eigenvalue weighted by molar-refractivity contribution is 0.0526. The summed E-state index contributed by atoms with van der Waals surface area (Å²) < 4.78 is 29.1. The summed E-state index contributed by atoms with van der Waals surface area (Å²) in [5, 5.41) is 11.3. The number of fused-ring (bicyclic) bond motifs is 4. The molecule has 53 heavy (non-hydrogen) atoms. The van der Waals surface area contributed by atoms with Gasteiger partial charge in [-0.2, -0.15) is 0 Å². The van der Waals surface area contributed by atoms with Gasteiger partial charge in [0.1, 0.15) is 12.0 Å². The smallest absolute Gasteiger partial charge is 0.258 e. The van der Waals surface area contributed by atoms with Crippen molar-refractivity contribution in [1.82, 2.24) is 9.80 Å². The zero-order valence-electron chi connectivity index (χ0n) is 31.1. The number of rotatable bonds is 12. The second-order valence-electron chi connectivity index (χ2n) is 15.2. The third-order valence-corrected chi connectivity index (χ3v) is 11.9. The molecule has 2 fully saturated rings. The highest BCUT2D eigenvalue weighted by Gasteiger charge is 2.56. The summed E-state index contributed by atoms with van der Waals surface area (Å²) in [6, 6.07) is 15.3. The number of aryl methyl sites for hydroxylation is 1. The van der Waals surface area contributed by atoms with E-state index in [0.29, 0.717) is 59.6 Å². The monoisotopic (exact) mass is 723 g/mol. The molecule has 8 rings (SSSR count). The zero-order chi connectivity index (χ0) is 36.9. The molecule has 5 aliphatic rings. The summed E-state index contributed by atoms with van der Waals surface area (Å²) in [7, 11) is 6.68. The number of nitrogens with zero attached hydrogens (tertiary/aromatic N) is 3. The van der Waals surface area contributed by atoms with Gasteiger partial charge in [-0.1, -0.05) is 12.1 Å². The first-order valence-electron chi connectivity index (χ1n) is 18.8. The SMILES string of the molecule is COc1ccc(C2=CN3C(=O)c4cc(OC)c(OCCCCCOc5cc6c(cc5OC)C(=O)N5CC7(CC7)C[C@H]5C(O)N6C)cc4CC[C@@H]3C2)cc1. The minimum absolute atomic E-state index is 0.0109. The molecule has 1 aliphatic carbocycles. The van der Waals surface area contributed by atoms with Crippen molar-refractivity contribution < 1.29 is 38.4 Å². The van der Waals surface area contributed by atoms with Gasteiger partial charge >= 0.3 is 0 Å². The first kappa shape index (κ1) is 35.1. The van der Waals surface area contributed by atoms with Crippen LogP contribution < -0.4 is 28.6 Å². The number of unbranched alkanes of at least 4 members (excludes halogenated alkanes) is 2. The summed E-state index contributed by atoms with van der Waals surface area (Å²) in [4.78, 5) is 33.0. The summed E-state index contributed by atoms with van der Waals surface area (Å²) in [6.07, 6.45) is 9.22. The maximum Gasteiger partial charge on any atom is 0.258 e. The van der Waals surface area contributed by atoms with Crippen LogP contribution in [0.3, 0.4) is 0 Å². The average Bonchev–Trinajstić information content (AvgIpc) is 3.69. The van der Waals surface area contributed by atoms with E-state index in [-0.39, 0.29) is 29.3 Å². The van der Waals surface area contributed by atoms with Gasteiger partial charge in [-0.3, -0.25) is 9.59 Å². The van der Waals surface area contributed by atoms with E-state index in [9.17, 15) is 14.7 Å². The molecule has 3 atom stereocenters. The standard InChI is InChI=1S/C42H49N3O8/c1-43-33-22-38(36(51-4)21-32(33)40(47)45-25-42(14-15-42)23-34(45)41(43)48)53-17-7-5-6-16-52-37-19-27-8-11-29-18-28(26-9-12-30(49-2)13-10-26)24-44(29)39(46)31(27)20-35(37)50-3/h9-10,12-13,19-22,24,29,34,41,48H,5-8,11,14-18,23,25H2,1-4H3/t29-,34+,41?/m1/s1. The summed E-state index contributed by atoms with van der Waals surface area (Å²) in [5.41, 5.74) is 5.26. The van der Waals surface area contributed by atoms with Crippen molar-refractivity contribution in [2.75, 3.05) is 53.0 Å². The Hall–Kier alpha value is -4.90. The third-order valence-electron chi connectivity index (χ3n) is 11.9. The van der Waals surface area contributed by atoms with Crippen molar-refractivity contribution >= 4 is 23.1 Å². The van der Waals surface area contributed by atoms with Gasteiger partial charge in [0.15, 0.2) is 23.0 Å². The molecular formula is C42H49N3O8. The van der Waals surface area contributed by atoms with Gasteiger partial charge in [-0.05, 0) is 110 Å². The number of likely N-dealkylation sites (N-methyl/N-ethyl adjacent to an activating group) is 1. The van der Waals surface area contributed by atoms with Crippen molar-refractivity contribution in [3.8, 4) is 28.7 Å². The van der Waals surface area contributed by atoms with Gasteiger partial charge in [-0.15, -0.1) is 0 Å². The number of hydrogen-bond acceptors (Lipinski definition) is 9. The fraction of sp³-hybridized carbons (Fsp3) is 0.476. The van der Waals surface area contributed by atoms with Crippen molar-refractivity contribution in [3.05, 3.63) is 77.0 Å². The molecule has 11 nitrogen and oxygen atoms in total. The van der Waals surface area contributed by atoms with Crippen LogP contribution in [0.4, 0.5) is 5.69 Å². The molecule has 1 spiro atoms. The number of ether oxygens (including phenoxy) is 5. The molecule has 3 aromatic rings. The third kappa shape index (κ3) is 6.53. The van der Waals surface area contributed by atoms with E-state index in [1.165, 1.54) is 0 Å². The molecule has 0 radical (unpaired) electrons. The van der Waals surface area contributed by atoms with Gasteiger partial charge < -0.3 is 43.5 Å². The van der Waals surface area contributed by atoms with Crippen molar-refractivity contribution in [1.29, 1.82) is 0 Å². The van der Waals surface area contributed by atoms with Crippen LogP contribution in [-0.2, 0) is 6.42 Å². The van der Waals surface area contributed by atoms with Crippen LogP contribution >= 0.6 is 0 Å². The van der Waals surface area contributed by atoms with Crippen molar-refractivity contribution in [3.63, 3.8) is 0 Å². The van der Waals surface area contributed by atoms with Crippen LogP contribution in [0, 0.1) is 5.41 Å². The van der Waals surface area contributed by atoms with Crippen LogP contribution in [0.2, 0.25) is 0 Å². The molecule has 1 N–H and O–H groups in total. The molecule has 0 aromatic heterocycles. The molecule has 1 saturated carbocycles. The Morgan fingerprint density at radius 2 is 1.49 bits per heavy atom. The number of benzene rings is 3. The molecule has 1 saturated heterocycles. The van der Waals surface area contributed by atoms with Gasteiger partial charge in [0, 0.05) is 37.5 Å². The van der Waals surface area contributed by atoms with Gasteiger partial charge in [0.05, 0.1) is 51.8 Å². The summed E-state index contributed by atoms with van der Waals surface area (Å²) in [5.74, 6) is 2.99. The fourth-order valence-corrected chi connectivity index (χ4v) is 8.59. The minimum atomic E-state index is -0.784. The maximum absolute atomic E-state index is 13.8. The quantitative estimate of drug-likeness (QED) is 0.215. The molecule has 4 aliphatic heterocycles. The second kappa shape index (κ2) is 14.2. The number of carbonyl (C=O) groups excluding carboxylic acids is 2. The molecule has 1 unspecified atom stereocenters. The second-order valence-corrected chi connectivity index (χ2v) is 15.2. The van der Waals surface area contributed by atoms with Crippen LogP contribution in [0.5, 0.6) is 28.7 Å². The Balaban J connectivity index is 0.857. The number of aliphatic hydroxyl groups is 1. The number of carbonyl (C=O) groups is 2. The van der Waals surface area contributed by atoms with E-state index in [2.05, 4.69) is 0 Å². The van der Waals surface area contributed by atoms with Crippen LogP contribution in [0.15, 0.2) is 54.7 Å². The number of methoxy groups -OCH3 is 3. The number of aliphatic hydroxyl groups excluding tert-OH is 1. The Morgan fingerprint density at radius 3 is 2.15 bits per heavy atom. The Morgan fingerprint density at radius 1 is 0.811 bits per heavy atom. The molecular weight excluding hydrogens is 674 g/mol. The van der Waals surface area contributed by atoms with Gasteiger partial charge in [-0.25, -0.2) is 0 Å². The molecule has 3 aromatic carbocycles. The van der Waals surface area contributed by atoms with Crippen LogP contribution in [-0.4, -0.2) is 93.2 Å². The van der Waals surface area contributed by atoms with E-state index >= 15 is 0 Å². The highest BCUT2D eigenvalue weighted by atomic mass is 16.5. The molecule has 280 valence electrons. The van der Waals surface area contributed by atoms with E-state index in [1.807, 2.05) is 65.5 Å². The van der Waals surface area contributed by atoms with Crippen molar-refractivity contribution in [2.45, 2.75) is 76.1 Å². The maximum atomic E-state index is 13.8. The highest BCUT2D eigenvalue weighted by Crippen LogP contribution is 2.56. The fourth-order valence-electron chi connectivity index (χ4n) is 8.59. The van der Waals surface area contributed by atoms with E-state index in [1.54, 1.807) is 32.3 Å². The number of amides is 2. The molecule has 4 heterocycles. The van der Waals surface area contributed by atoms with Gasteiger partial charge in [0.25, 0.3) is 11.8 Å². The lowest BCUT2D eigenvalue weighted by Crippen LogP contribution is -2.47. The van der Waals surface area contributed by atoms with Crippen LogP contribution in [0.25, 0.3) is 5.57 Å².